The lowest BCUT2D eigenvalue weighted by Gasteiger charge is -2.09. The molecule has 0 atom stereocenters. The molecule has 1 rings (SSSR count). The molecule has 1 aromatic rings. The summed E-state index contributed by atoms with van der Waals surface area (Å²) in [5.74, 6) is -0.662. The van der Waals surface area contributed by atoms with Gasteiger partial charge in [-0.15, -0.1) is 0 Å². The summed E-state index contributed by atoms with van der Waals surface area (Å²) in [7, 11) is -3.71. The number of hydrogen-bond acceptors (Lipinski definition) is 3. The SMILES string of the molecule is CC(C)CCCCNS(=O)(=O)c1ccc(Cl)c(C(=O)O)c1. The first-order chi connectivity index (χ1) is 9.74. The Bertz CT molecular complexity index is 599. The van der Waals surface area contributed by atoms with Gasteiger partial charge in [-0.2, -0.15) is 0 Å². The summed E-state index contributed by atoms with van der Waals surface area (Å²) in [5, 5.41) is 8.97. The molecule has 7 heteroatoms. The Morgan fingerprint density at radius 1 is 1.33 bits per heavy atom. The van der Waals surface area contributed by atoms with Crippen LogP contribution in [0.1, 0.15) is 43.5 Å². The van der Waals surface area contributed by atoms with Crippen LogP contribution in [0.15, 0.2) is 23.1 Å². The summed E-state index contributed by atoms with van der Waals surface area (Å²) in [6.07, 6.45) is 2.74. The van der Waals surface area contributed by atoms with E-state index in [0.29, 0.717) is 12.5 Å². The van der Waals surface area contributed by atoms with Gasteiger partial charge in [0, 0.05) is 6.54 Å². The maximum absolute atomic E-state index is 12.1. The van der Waals surface area contributed by atoms with Crippen LogP contribution in [-0.4, -0.2) is 26.0 Å². The zero-order valence-electron chi connectivity index (χ0n) is 12.1. The molecular weight excluding hydrogens is 314 g/mol. The van der Waals surface area contributed by atoms with Gasteiger partial charge in [-0.25, -0.2) is 17.9 Å². The molecule has 0 heterocycles. The number of nitrogens with one attached hydrogen (secondary N) is 1. The maximum Gasteiger partial charge on any atom is 0.337 e. The van der Waals surface area contributed by atoms with Gasteiger partial charge in [0.15, 0.2) is 0 Å². The first-order valence-corrected chi connectivity index (χ1v) is 8.62. The van der Waals surface area contributed by atoms with Crippen LogP contribution >= 0.6 is 11.6 Å². The minimum Gasteiger partial charge on any atom is -0.478 e. The fraction of sp³-hybridized carbons (Fsp3) is 0.500. The number of halogens is 1. The van der Waals surface area contributed by atoms with Crippen molar-refractivity contribution in [2.75, 3.05) is 6.54 Å². The van der Waals surface area contributed by atoms with Crippen LogP contribution in [0.5, 0.6) is 0 Å². The highest BCUT2D eigenvalue weighted by Crippen LogP contribution is 2.20. The zero-order chi connectivity index (χ0) is 16.0. The van der Waals surface area contributed by atoms with Crippen LogP contribution in [0.4, 0.5) is 0 Å². The van der Waals surface area contributed by atoms with Crippen molar-refractivity contribution in [1.82, 2.24) is 4.72 Å². The van der Waals surface area contributed by atoms with Crippen LogP contribution in [0, 0.1) is 5.92 Å². The predicted molar refractivity (Wildman–Crippen MR) is 82.3 cm³/mol. The number of benzene rings is 1. The van der Waals surface area contributed by atoms with Crippen LogP contribution in [-0.2, 0) is 10.0 Å². The smallest absolute Gasteiger partial charge is 0.337 e. The van der Waals surface area contributed by atoms with E-state index in [1.807, 2.05) is 0 Å². The minimum atomic E-state index is -3.71. The highest BCUT2D eigenvalue weighted by molar-refractivity contribution is 7.89. The van der Waals surface area contributed by atoms with E-state index in [2.05, 4.69) is 18.6 Å². The quantitative estimate of drug-likeness (QED) is 0.716. The van der Waals surface area contributed by atoms with Crippen LogP contribution in [0.25, 0.3) is 0 Å². The Labute approximate surface area is 130 Å². The average Bonchev–Trinajstić information content (AvgIpc) is 2.37. The minimum absolute atomic E-state index is 0.0124. The Balaban J connectivity index is 2.70. The second kappa shape index (κ2) is 7.77. The van der Waals surface area contributed by atoms with E-state index in [1.165, 1.54) is 12.1 Å². The fourth-order valence-corrected chi connectivity index (χ4v) is 3.10. The molecule has 0 aliphatic rings. The Hall–Kier alpha value is -1.11. The number of carboxylic acid groups (broad SMARTS) is 1. The lowest BCUT2D eigenvalue weighted by atomic mass is 10.1. The number of sulfonamides is 1. The summed E-state index contributed by atoms with van der Waals surface area (Å²) in [5.41, 5.74) is -0.223. The predicted octanol–water partition coefficient (Wildman–Crippen LogP) is 3.14. The third-order valence-corrected chi connectivity index (χ3v) is 4.77. The van der Waals surface area contributed by atoms with Crippen LogP contribution in [0.2, 0.25) is 5.02 Å². The van der Waals surface area contributed by atoms with Gasteiger partial charge in [0.1, 0.15) is 0 Å². The highest BCUT2D eigenvalue weighted by atomic mass is 35.5. The lowest BCUT2D eigenvalue weighted by Crippen LogP contribution is -2.25. The molecule has 0 aromatic heterocycles. The standard InChI is InChI=1S/C14H20ClNO4S/c1-10(2)5-3-4-8-16-21(19,20)11-6-7-13(15)12(9-11)14(17)18/h6-7,9-10,16H,3-5,8H2,1-2H3,(H,17,18). The second-order valence-corrected chi connectivity index (χ2v) is 7.41. The molecule has 118 valence electrons. The molecule has 21 heavy (non-hydrogen) atoms. The lowest BCUT2D eigenvalue weighted by molar-refractivity contribution is 0.0697. The van der Waals surface area contributed by atoms with Crippen molar-refractivity contribution in [2.24, 2.45) is 5.92 Å². The van der Waals surface area contributed by atoms with Gasteiger partial charge in [-0.1, -0.05) is 38.3 Å². The van der Waals surface area contributed by atoms with E-state index in [-0.39, 0.29) is 15.5 Å². The number of aromatic carboxylic acids is 1. The van der Waals surface area contributed by atoms with E-state index < -0.39 is 16.0 Å². The van der Waals surface area contributed by atoms with Gasteiger partial charge in [-0.3, -0.25) is 0 Å². The molecule has 0 amide bonds. The molecule has 0 fully saturated rings. The molecule has 5 nitrogen and oxygen atoms in total. The van der Waals surface area contributed by atoms with E-state index in [0.717, 1.165) is 25.3 Å². The van der Waals surface area contributed by atoms with Gasteiger partial charge in [0.05, 0.1) is 15.5 Å². The topological polar surface area (TPSA) is 83.5 Å². The summed E-state index contributed by atoms with van der Waals surface area (Å²) < 4.78 is 26.6. The third kappa shape index (κ3) is 5.65. The summed E-state index contributed by atoms with van der Waals surface area (Å²) in [6, 6.07) is 3.64. The second-order valence-electron chi connectivity index (χ2n) is 5.23. The monoisotopic (exact) mass is 333 g/mol. The highest BCUT2D eigenvalue weighted by Gasteiger charge is 2.17. The van der Waals surface area contributed by atoms with Crippen molar-refractivity contribution in [2.45, 2.75) is 38.0 Å². The number of carbonyl (C=O) groups is 1. The Morgan fingerprint density at radius 3 is 2.57 bits per heavy atom. The number of carboxylic acids is 1. The van der Waals surface area contributed by atoms with E-state index in [4.69, 9.17) is 16.7 Å². The van der Waals surface area contributed by atoms with Crippen molar-refractivity contribution in [3.63, 3.8) is 0 Å². The van der Waals surface area contributed by atoms with Gasteiger partial charge in [-0.05, 0) is 30.5 Å². The largest absolute Gasteiger partial charge is 0.478 e. The van der Waals surface area contributed by atoms with E-state index in [1.54, 1.807) is 0 Å². The number of unbranched alkanes of at least 4 members (excludes halogenated alkanes) is 1. The summed E-state index contributed by atoms with van der Waals surface area (Å²) in [6.45, 7) is 4.57. The van der Waals surface area contributed by atoms with Gasteiger partial charge in [0.2, 0.25) is 10.0 Å². The van der Waals surface area contributed by atoms with Gasteiger partial charge in [0.25, 0.3) is 0 Å². The van der Waals surface area contributed by atoms with E-state index in [9.17, 15) is 13.2 Å². The Kier molecular flexibility index (Phi) is 6.64. The zero-order valence-corrected chi connectivity index (χ0v) is 13.7. The molecule has 0 unspecified atom stereocenters. The molecule has 2 N–H and O–H groups in total. The van der Waals surface area contributed by atoms with Gasteiger partial charge >= 0.3 is 5.97 Å². The van der Waals surface area contributed by atoms with Crippen LogP contribution in [0.3, 0.4) is 0 Å². The average molecular weight is 334 g/mol. The molecule has 0 radical (unpaired) electrons. The van der Waals surface area contributed by atoms with Crippen molar-refractivity contribution in [3.05, 3.63) is 28.8 Å². The molecule has 1 aromatic carbocycles. The molecule has 0 aliphatic carbocycles. The molecule has 0 saturated carbocycles. The molecular formula is C14H20ClNO4S. The van der Waals surface area contributed by atoms with E-state index >= 15 is 0 Å². The summed E-state index contributed by atoms with van der Waals surface area (Å²) >= 11 is 5.72. The molecule has 0 saturated heterocycles. The first kappa shape index (κ1) is 17.9. The molecule has 0 spiro atoms. The number of hydrogen-bond donors (Lipinski definition) is 2. The Morgan fingerprint density at radius 2 is 2.00 bits per heavy atom. The maximum atomic E-state index is 12.1. The van der Waals surface area contributed by atoms with Crippen molar-refractivity contribution in [1.29, 1.82) is 0 Å². The molecule has 0 bridgehead atoms. The first-order valence-electron chi connectivity index (χ1n) is 6.76. The van der Waals surface area contributed by atoms with Gasteiger partial charge < -0.3 is 5.11 Å². The van der Waals surface area contributed by atoms with Crippen molar-refractivity contribution in [3.8, 4) is 0 Å². The normalized spacial score (nSPS) is 11.8. The van der Waals surface area contributed by atoms with Crippen molar-refractivity contribution < 1.29 is 18.3 Å². The van der Waals surface area contributed by atoms with Crippen LogP contribution < -0.4 is 4.72 Å². The fourth-order valence-electron chi connectivity index (χ4n) is 1.80. The third-order valence-electron chi connectivity index (χ3n) is 2.98. The van der Waals surface area contributed by atoms with Crippen molar-refractivity contribution >= 4 is 27.6 Å². The molecule has 0 aliphatic heterocycles. The summed E-state index contributed by atoms with van der Waals surface area (Å²) in [4.78, 5) is 10.9. The number of rotatable bonds is 8.